The molecule has 0 aliphatic rings. The van der Waals surface area contributed by atoms with E-state index in [1.165, 1.54) is 6.92 Å². The molecule has 0 heterocycles. The lowest BCUT2D eigenvalue weighted by atomic mass is 10.1. The van der Waals surface area contributed by atoms with Crippen LogP contribution in [0.3, 0.4) is 0 Å². The van der Waals surface area contributed by atoms with Crippen LogP contribution in [0.5, 0.6) is 0 Å². The Morgan fingerprint density at radius 2 is 1.64 bits per heavy atom. The first-order valence-corrected chi connectivity index (χ1v) is 7.25. The number of hydrogen-bond donors (Lipinski definition) is 2. The zero-order valence-electron chi connectivity index (χ0n) is 12.8. The van der Waals surface area contributed by atoms with E-state index < -0.39 is 0 Å². The SMILES string of the molecule is CC(=O)c1ccc(NCC(=O)NC(C)c2ccccc2)cc1. The van der Waals surface area contributed by atoms with E-state index in [-0.39, 0.29) is 24.3 Å². The largest absolute Gasteiger partial charge is 0.376 e. The lowest BCUT2D eigenvalue weighted by molar-refractivity contribution is -0.120. The zero-order valence-corrected chi connectivity index (χ0v) is 12.8. The van der Waals surface area contributed by atoms with Crippen molar-refractivity contribution in [2.24, 2.45) is 0 Å². The maximum Gasteiger partial charge on any atom is 0.239 e. The molecule has 0 saturated carbocycles. The fraction of sp³-hybridized carbons (Fsp3) is 0.222. The van der Waals surface area contributed by atoms with Gasteiger partial charge >= 0.3 is 0 Å². The van der Waals surface area contributed by atoms with Crippen LogP contribution in [0.25, 0.3) is 0 Å². The first-order valence-electron chi connectivity index (χ1n) is 7.25. The number of nitrogens with one attached hydrogen (secondary N) is 2. The van der Waals surface area contributed by atoms with Crippen molar-refractivity contribution in [2.45, 2.75) is 19.9 Å². The van der Waals surface area contributed by atoms with Crippen molar-refractivity contribution < 1.29 is 9.59 Å². The third-order valence-electron chi connectivity index (χ3n) is 3.42. The van der Waals surface area contributed by atoms with Gasteiger partial charge in [0.25, 0.3) is 0 Å². The molecule has 0 aliphatic carbocycles. The molecular weight excluding hydrogens is 276 g/mol. The van der Waals surface area contributed by atoms with Crippen molar-refractivity contribution in [3.8, 4) is 0 Å². The van der Waals surface area contributed by atoms with Gasteiger partial charge in [-0.2, -0.15) is 0 Å². The quantitative estimate of drug-likeness (QED) is 0.805. The fourth-order valence-corrected chi connectivity index (χ4v) is 2.12. The average Bonchev–Trinajstić information content (AvgIpc) is 2.54. The van der Waals surface area contributed by atoms with Crippen molar-refractivity contribution in [3.63, 3.8) is 0 Å². The van der Waals surface area contributed by atoms with Crippen LogP contribution >= 0.6 is 0 Å². The molecule has 0 bridgehead atoms. The van der Waals surface area contributed by atoms with E-state index in [4.69, 9.17) is 0 Å². The van der Waals surface area contributed by atoms with Gasteiger partial charge in [-0.15, -0.1) is 0 Å². The Morgan fingerprint density at radius 1 is 1.00 bits per heavy atom. The van der Waals surface area contributed by atoms with E-state index in [0.717, 1.165) is 11.3 Å². The first kappa shape index (κ1) is 15.8. The Hall–Kier alpha value is -2.62. The van der Waals surface area contributed by atoms with Crippen LogP contribution in [-0.2, 0) is 4.79 Å². The Kier molecular flexibility index (Phi) is 5.31. The zero-order chi connectivity index (χ0) is 15.9. The van der Waals surface area contributed by atoms with Gasteiger partial charge in [-0.25, -0.2) is 0 Å². The summed E-state index contributed by atoms with van der Waals surface area (Å²) in [5.74, 6) is -0.0482. The van der Waals surface area contributed by atoms with E-state index in [1.807, 2.05) is 37.3 Å². The number of benzene rings is 2. The number of hydrogen-bond acceptors (Lipinski definition) is 3. The van der Waals surface area contributed by atoms with Crippen LogP contribution in [0.4, 0.5) is 5.69 Å². The summed E-state index contributed by atoms with van der Waals surface area (Å²) < 4.78 is 0. The first-order chi connectivity index (χ1) is 10.6. The number of carbonyl (C=O) groups excluding carboxylic acids is 2. The van der Waals surface area contributed by atoms with Gasteiger partial charge in [0.1, 0.15) is 0 Å². The number of carbonyl (C=O) groups is 2. The van der Waals surface area contributed by atoms with Crippen molar-refractivity contribution in [1.82, 2.24) is 5.32 Å². The summed E-state index contributed by atoms with van der Waals surface area (Å²) >= 11 is 0. The minimum atomic E-state index is -0.0769. The molecule has 0 spiro atoms. The standard InChI is InChI=1S/C18H20N2O2/c1-13(15-6-4-3-5-7-15)20-18(22)12-19-17-10-8-16(9-11-17)14(2)21/h3-11,13,19H,12H2,1-2H3,(H,20,22). The van der Waals surface area contributed by atoms with Crippen molar-refractivity contribution in [3.05, 3.63) is 65.7 Å². The average molecular weight is 296 g/mol. The molecule has 0 aromatic heterocycles. The van der Waals surface area contributed by atoms with Crippen LogP contribution in [-0.4, -0.2) is 18.2 Å². The van der Waals surface area contributed by atoms with Gasteiger partial charge in [-0.05, 0) is 43.7 Å². The second-order valence-corrected chi connectivity index (χ2v) is 5.19. The summed E-state index contributed by atoms with van der Waals surface area (Å²) in [4.78, 5) is 23.1. The minimum Gasteiger partial charge on any atom is -0.376 e. The third-order valence-corrected chi connectivity index (χ3v) is 3.42. The molecule has 2 N–H and O–H groups in total. The lowest BCUT2D eigenvalue weighted by Gasteiger charge is -2.15. The van der Waals surface area contributed by atoms with E-state index in [2.05, 4.69) is 10.6 Å². The predicted octanol–water partition coefficient (Wildman–Crippen LogP) is 3.18. The minimum absolute atomic E-state index is 0.0287. The summed E-state index contributed by atoms with van der Waals surface area (Å²) in [5.41, 5.74) is 2.54. The molecule has 1 unspecified atom stereocenters. The van der Waals surface area contributed by atoms with E-state index in [1.54, 1.807) is 24.3 Å². The van der Waals surface area contributed by atoms with Gasteiger partial charge in [0.15, 0.2) is 5.78 Å². The maximum atomic E-state index is 11.9. The van der Waals surface area contributed by atoms with Crippen LogP contribution in [0, 0.1) is 0 Å². The molecule has 1 atom stereocenters. The van der Waals surface area contributed by atoms with Crippen LogP contribution in [0.15, 0.2) is 54.6 Å². The van der Waals surface area contributed by atoms with Crippen LogP contribution in [0.2, 0.25) is 0 Å². The molecule has 2 aromatic rings. The molecule has 0 aliphatic heterocycles. The molecule has 2 rings (SSSR count). The highest BCUT2D eigenvalue weighted by Crippen LogP contribution is 2.12. The monoisotopic (exact) mass is 296 g/mol. The molecule has 2 aromatic carbocycles. The molecule has 0 saturated heterocycles. The molecular formula is C18H20N2O2. The molecule has 4 nitrogen and oxygen atoms in total. The fourth-order valence-electron chi connectivity index (χ4n) is 2.12. The molecule has 1 amide bonds. The Bertz CT molecular complexity index is 636. The van der Waals surface area contributed by atoms with Crippen LogP contribution < -0.4 is 10.6 Å². The van der Waals surface area contributed by atoms with E-state index >= 15 is 0 Å². The Morgan fingerprint density at radius 3 is 2.23 bits per heavy atom. The highest BCUT2D eigenvalue weighted by atomic mass is 16.2. The van der Waals surface area contributed by atoms with Gasteiger partial charge < -0.3 is 10.6 Å². The molecule has 22 heavy (non-hydrogen) atoms. The second-order valence-electron chi connectivity index (χ2n) is 5.19. The summed E-state index contributed by atoms with van der Waals surface area (Å²) in [7, 11) is 0. The number of ketones is 1. The Labute approximate surface area is 130 Å². The molecule has 0 fully saturated rings. The van der Waals surface area contributed by atoms with Crippen molar-refractivity contribution >= 4 is 17.4 Å². The van der Waals surface area contributed by atoms with E-state index in [9.17, 15) is 9.59 Å². The van der Waals surface area contributed by atoms with Gasteiger partial charge in [0.05, 0.1) is 12.6 Å². The summed E-state index contributed by atoms with van der Waals surface area (Å²) in [6.07, 6.45) is 0. The highest BCUT2D eigenvalue weighted by Gasteiger charge is 2.08. The maximum absolute atomic E-state index is 11.9. The topological polar surface area (TPSA) is 58.2 Å². The lowest BCUT2D eigenvalue weighted by Crippen LogP contribution is -2.32. The van der Waals surface area contributed by atoms with Crippen molar-refractivity contribution in [1.29, 1.82) is 0 Å². The molecule has 0 radical (unpaired) electrons. The molecule has 4 heteroatoms. The molecule has 114 valence electrons. The van der Waals surface area contributed by atoms with Gasteiger partial charge in [-0.3, -0.25) is 9.59 Å². The van der Waals surface area contributed by atoms with Crippen molar-refractivity contribution in [2.75, 3.05) is 11.9 Å². The summed E-state index contributed by atoms with van der Waals surface area (Å²) in [5, 5.41) is 5.98. The van der Waals surface area contributed by atoms with E-state index in [0.29, 0.717) is 5.56 Å². The summed E-state index contributed by atoms with van der Waals surface area (Å²) in [6.45, 7) is 3.67. The van der Waals surface area contributed by atoms with Gasteiger partial charge in [0, 0.05) is 11.3 Å². The van der Waals surface area contributed by atoms with Gasteiger partial charge in [0.2, 0.25) is 5.91 Å². The second kappa shape index (κ2) is 7.41. The highest BCUT2D eigenvalue weighted by molar-refractivity contribution is 5.94. The number of Topliss-reactive ketones (excluding diaryl/α,β-unsaturated/α-hetero) is 1. The normalized spacial score (nSPS) is 11.5. The smallest absolute Gasteiger partial charge is 0.239 e. The number of rotatable bonds is 6. The number of anilines is 1. The van der Waals surface area contributed by atoms with Crippen LogP contribution in [0.1, 0.15) is 35.8 Å². The number of amides is 1. The van der Waals surface area contributed by atoms with Gasteiger partial charge in [-0.1, -0.05) is 30.3 Å². The third kappa shape index (κ3) is 4.45. The summed E-state index contributed by atoms with van der Waals surface area (Å²) in [6, 6.07) is 16.9. The Balaban J connectivity index is 1.83. The predicted molar refractivity (Wildman–Crippen MR) is 87.9 cm³/mol.